The molecule has 0 bridgehead atoms. The zero-order valence-corrected chi connectivity index (χ0v) is 15.2. The topological polar surface area (TPSA) is 43.1 Å². The van der Waals surface area contributed by atoms with Crippen molar-refractivity contribution in [3.05, 3.63) is 0 Å². The van der Waals surface area contributed by atoms with Crippen molar-refractivity contribution in [2.45, 2.75) is 83.5 Å². The van der Waals surface area contributed by atoms with Crippen LogP contribution in [0, 0.1) is 46.8 Å². The number of hydrogen-bond acceptors (Lipinski definition) is 1. The lowest BCUT2D eigenvalue weighted by molar-refractivity contribution is -0.141. The molecule has 5 fully saturated rings. The van der Waals surface area contributed by atoms with Gasteiger partial charge in [-0.3, -0.25) is 4.79 Å². The summed E-state index contributed by atoms with van der Waals surface area (Å²) in [4.78, 5) is 12.3. The van der Waals surface area contributed by atoms with Crippen LogP contribution in [0.15, 0.2) is 0 Å². The molecule has 0 aromatic heterocycles. The first-order chi connectivity index (χ1) is 11.7. The minimum absolute atomic E-state index is 0.0431. The molecule has 134 valence electrons. The lowest BCUT2D eigenvalue weighted by Crippen LogP contribution is -2.53. The maximum Gasteiger partial charge on any atom is 0.223 e. The molecule has 8 atom stereocenters. The van der Waals surface area contributed by atoms with Crippen LogP contribution in [0.3, 0.4) is 0 Å². The van der Waals surface area contributed by atoms with Gasteiger partial charge in [-0.2, -0.15) is 0 Å². The van der Waals surface area contributed by atoms with Crippen LogP contribution in [0.1, 0.15) is 83.5 Å². The number of carbonyl (C=O) groups excluding carboxylic acids is 1. The third-order valence-corrected chi connectivity index (χ3v) is 9.65. The van der Waals surface area contributed by atoms with E-state index in [-0.39, 0.29) is 11.3 Å². The number of nitrogens with two attached hydrogens (primary N) is 1. The van der Waals surface area contributed by atoms with Gasteiger partial charge in [-0.15, -0.1) is 0 Å². The number of carbonyl (C=O) groups is 1. The van der Waals surface area contributed by atoms with Crippen LogP contribution in [-0.4, -0.2) is 5.91 Å². The Bertz CT molecular complexity index is 516. The highest BCUT2D eigenvalue weighted by Gasteiger charge is 2.58. The third kappa shape index (κ3) is 2.10. The van der Waals surface area contributed by atoms with Gasteiger partial charge >= 0.3 is 0 Å². The van der Waals surface area contributed by atoms with Crippen LogP contribution < -0.4 is 5.73 Å². The SMILES string of the molecule is NC(=O)C12CCCC1C1CCC3C4CCCCC4CCC3C1CC2. The first-order valence-electron chi connectivity index (χ1n) is 11.0. The second kappa shape index (κ2) is 5.74. The van der Waals surface area contributed by atoms with Crippen LogP contribution in [0.4, 0.5) is 0 Å². The average Bonchev–Trinajstić information content (AvgIpc) is 3.07. The van der Waals surface area contributed by atoms with Gasteiger partial charge < -0.3 is 5.73 Å². The number of hydrogen-bond donors (Lipinski definition) is 1. The Morgan fingerprint density at radius 1 is 0.667 bits per heavy atom. The predicted molar refractivity (Wildman–Crippen MR) is 96.1 cm³/mol. The lowest BCUT2D eigenvalue weighted by atomic mass is 9.47. The van der Waals surface area contributed by atoms with E-state index in [1.165, 1.54) is 70.6 Å². The molecule has 2 N–H and O–H groups in total. The molecule has 8 unspecified atom stereocenters. The maximum atomic E-state index is 12.3. The average molecular weight is 330 g/mol. The van der Waals surface area contributed by atoms with E-state index in [4.69, 9.17) is 5.73 Å². The van der Waals surface area contributed by atoms with E-state index in [0.29, 0.717) is 5.92 Å². The second-order valence-corrected chi connectivity index (χ2v) is 10.1. The Balaban J connectivity index is 1.40. The number of primary amides is 1. The zero-order chi connectivity index (χ0) is 16.3. The van der Waals surface area contributed by atoms with E-state index in [9.17, 15) is 4.79 Å². The van der Waals surface area contributed by atoms with Crippen molar-refractivity contribution in [3.8, 4) is 0 Å². The summed E-state index contributed by atoms with van der Waals surface area (Å²) >= 11 is 0. The van der Waals surface area contributed by atoms with Gasteiger partial charge in [0, 0.05) is 0 Å². The Hall–Kier alpha value is -0.530. The number of rotatable bonds is 1. The fraction of sp³-hybridized carbons (Fsp3) is 0.955. The van der Waals surface area contributed by atoms with Crippen molar-refractivity contribution in [2.75, 3.05) is 0 Å². The quantitative estimate of drug-likeness (QED) is 0.729. The van der Waals surface area contributed by atoms with Gasteiger partial charge in [0.05, 0.1) is 5.41 Å². The van der Waals surface area contributed by atoms with Crippen molar-refractivity contribution in [2.24, 2.45) is 52.6 Å². The van der Waals surface area contributed by atoms with E-state index in [1.54, 1.807) is 0 Å². The molecular weight excluding hydrogens is 294 g/mol. The fourth-order valence-corrected chi connectivity index (χ4v) is 8.79. The molecule has 0 radical (unpaired) electrons. The minimum atomic E-state index is -0.101. The van der Waals surface area contributed by atoms with Crippen molar-refractivity contribution in [1.82, 2.24) is 0 Å². The van der Waals surface area contributed by atoms with E-state index < -0.39 is 0 Å². The zero-order valence-electron chi connectivity index (χ0n) is 15.2. The molecule has 0 spiro atoms. The Labute approximate surface area is 147 Å². The molecular formula is C22H35NO. The summed E-state index contributed by atoms with van der Waals surface area (Å²) in [5, 5.41) is 0. The molecule has 1 amide bonds. The largest absolute Gasteiger partial charge is 0.369 e. The van der Waals surface area contributed by atoms with Gasteiger partial charge in [0.25, 0.3) is 0 Å². The Kier molecular flexibility index (Phi) is 3.76. The van der Waals surface area contributed by atoms with Crippen molar-refractivity contribution < 1.29 is 4.79 Å². The highest BCUT2D eigenvalue weighted by atomic mass is 16.1. The third-order valence-electron chi connectivity index (χ3n) is 9.65. The Morgan fingerprint density at radius 3 is 2.25 bits per heavy atom. The van der Waals surface area contributed by atoms with Crippen LogP contribution in [0.5, 0.6) is 0 Å². The molecule has 2 nitrogen and oxygen atoms in total. The molecule has 5 aliphatic rings. The summed E-state index contributed by atoms with van der Waals surface area (Å²) in [6.07, 6.45) is 18.0. The van der Waals surface area contributed by atoms with Crippen molar-refractivity contribution in [3.63, 3.8) is 0 Å². The summed E-state index contributed by atoms with van der Waals surface area (Å²) in [6, 6.07) is 0. The van der Waals surface area contributed by atoms with Crippen LogP contribution in [0.2, 0.25) is 0 Å². The molecule has 24 heavy (non-hydrogen) atoms. The van der Waals surface area contributed by atoms with Crippen LogP contribution in [-0.2, 0) is 4.79 Å². The van der Waals surface area contributed by atoms with E-state index in [0.717, 1.165) is 48.3 Å². The molecule has 5 rings (SSSR count). The van der Waals surface area contributed by atoms with Gasteiger partial charge in [-0.05, 0) is 99.2 Å². The molecule has 2 heteroatoms. The second-order valence-electron chi connectivity index (χ2n) is 10.1. The van der Waals surface area contributed by atoms with Gasteiger partial charge in [-0.1, -0.05) is 25.7 Å². The van der Waals surface area contributed by atoms with E-state index >= 15 is 0 Å². The van der Waals surface area contributed by atoms with Crippen LogP contribution in [0.25, 0.3) is 0 Å². The molecule has 0 aromatic carbocycles. The van der Waals surface area contributed by atoms with E-state index in [2.05, 4.69) is 0 Å². The number of fused-ring (bicyclic) bond motifs is 7. The summed E-state index contributed by atoms with van der Waals surface area (Å²) in [7, 11) is 0. The van der Waals surface area contributed by atoms with E-state index in [1.807, 2.05) is 0 Å². The monoisotopic (exact) mass is 329 g/mol. The standard InChI is InChI=1S/C22H35NO/c23-21(24)22-12-3-6-20(22)19-10-9-16-15-5-2-1-4-14(15)7-8-17(16)18(19)11-13-22/h14-20H,1-13H2,(H2,23,24). The normalized spacial score (nSPS) is 53.4. The molecule has 0 saturated heterocycles. The van der Waals surface area contributed by atoms with Gasteiger partial charge in [0.2, 0.25) is 5.91 Å². The lowest BCUT2D eigenvalue weighted by Gasteiger charge is -2.58. The van der Waals surface area contributed by atoms with Gasteiger partial charge in [0.1, 0.15) is 0 Å². The maximum absolute atomic E-state index is 12.3. The molecule has 5 saturated carbocycles. The fourth-order valence-electron chi connectivity index (χ4n) is 8.79. The predicted octanol–water partition coefficient (Wildman–Crippen LogP) is 4.91. The summed E-state index contributed by atoms with van der Waals surface area (Å²) in [6.45, 7) is 0. The molecule has 0 heterocycles. The summed E-state index contributed by atoms with van der Waals surface area (Å²) in [5.41, 5.74) is 5.84. The highest BCUT2D eigenvalue weighted by molar-refractivity contribution is 5.81. The first-order valence-corrected chi connectivity index (χ1v) is 11.0. The minimum Gasteiger partial charge on any atom is -0.369 e. The van der Waals surface area contributed by atoms with Crippen molar-refractivity contribution in [1.29, 1.82) is 0 Å². The van der Waals surface area contributed by atoms with Gasteiger partial charge in [0.15, 0.2) is 0 Å². The number of amides is 1. The van der Waals surface area contributed by atoms with Crippen molar-refractivity contribution >= 4 is 5.91 Å². The van der Waals surface area contributed by atoms with Crippen LogP contribution >= 0.6 is 0 Å². The Morgan fingerprint density at radius 2 is 1.38 bits per heavy atom. The molecule has 0 aromatic rings. The molecule has 5 aliphatic carbocycles. The smallest absolute Gasteiger partial charge is 0.223 e. The highest BCUT2D eigenvalue weighted by Crippen LogP contribution is 2.64. The summed E-state index contributed by atoms with van der Waals surface area (Å²) < 4.78 is 0. The molecule has 0 aliphatic heterocycles. The summed E-state index contributed by atoms with van der Waals surface area (Å²) in [5.74, 6) is 6.60. The first kappa shape index (κ1) is 15.7. The van der Waals surface area contributed by atoms with Gasteiger partial charge in [-0.25, -0.2) is 0 Å².